The van der Waals surface area contributed by atoms with Crippen molar-refractivity contribution in [3.8, 4) is 0 Å². The smallest absolute Gasteiger partial charge is 0.290 e. The second kappa shape index (κ2) is 13.6. The summed E-state index contributed by atoms with van der Waals surface area (Å²) in [6.07, 6.45) is 5.21. The molecule has 2 saturated heterocycles. The second-order valence-electron chi connectivity index (χ2n) is 8.90. The Labute approximate surface area is 204 Å². The van der Waals surface area contributed by atoms with Crippen molar-refractivity contribution in [3.05, 3.63) is 47.9 Å². The fourth-order valence-electron chi connectivity index (χ4n) is 5.09. The molecule has 2 aliphatic heterocycles. The summed E-state index contributed by atoms with van der Waals surface area (Å²) in [5.74, 6) is 4.23. The molecule has 2 fully saturated rings. The van der Waals surface area contributed by atoms with E-state index < -0.39 is 0 Å². The number of aryl methyl sites for hydroxylation is 1. The summed E-state index contributed by atoms with van der Waals surface area (Å²) >= 11 is 0. The van der Waals surface area contributed by atoms with E-state index >= 15 is 0 Å². The van der Waals surface area contributed by atoms with Gasteiger partial charge in [0, 0.05) is 12.3 Å². The molecule has 1 aromatic carbocycles. The first-order valence-corrected chi connectivity index (χ1v) is 11.9. The van der Waals surface area contributed by atoms with E-state index in [1.54, 1.807) is 0 Å². The summed E-state index contributed by atoms with van der Waals surface area (Å²) in [7, 11) is 0. The van der Waals surface area contributed by atoms with E-state index in [9.17, 15) is 0 Å². The highest BCUT2D eigenvalue weighted by Crippen LogP contribution is 2.33. The van der Waals surface area contributed by atoms with Crippen LogP contribution in [0.4, 0.5) is 0 Å². The predicted molar refractivity (Wildman–Crippen MR) is 129 cm³/mol. The minimum Gasteiger partial charge on any atom is -0.483 e. The SMILES string of the molecule is Cc1nnc(CN2CCC(C3CCN(Cc4cc5ccccc5o4)CC3)CC2)o1.O=CO.O=CO. The van der Waals surface area contributed by atoms with Crippen LogP contribution in [0.3, 0.4) is 0 Å². The Kier molecular flexibility index (Phi) is 10.2. The standard InChI is InChI=1S/C23H30N4O2.2CH2O2/c1-17-24-25-23(28-17)16-27-12-8-19(9-13-27)18-6-10-26(11-7-18)15-21-14-20-4-2-3-5-22(20)29-21;2*2-1-3/h2-5,14,18-19H,6-13,15-16H2,1H3;2*1H,(H,2,3). The highest BCUT2D eigenvalue weighted by atomic mass is 16.4. The van der Waals surface area contributed by atoms with Crippen molar-refractivity contribution in [1.29, 1.82) is 0 Å². The van der Waals surface area contributed by atoms with Crippen LogP contribution >= 0.6 is 0 Å². The van der Waals surface area contributed by atoms with E-state index in [0.29, 0.717) is 5.89 Å². The van der Waals surface area contributed by atoms with Crippen LogP contribution in [0.5, 0.6) is 0 Å². The first kappa shape index (κ1) is 26.4. The Morgan fingerprint density at radius 2 is 1.43 bits per heavy atom. The van der Waals surface area contributed by atoms with Gasteiger partial charge in [-0.1, -0.05) is 18.2 Å². The summed E-state index contributed by atoms with van der Waals surface area (Å²) in [5.41, 5.74) is 1.000. The number of rotatable bonds is 5. The number of nitrogens with zero attached hydrogens (tertiary/aromatic N) is 4. The first-order valence-electron chi connectivity index (χ1n) is 11.9. The average molecular weight is 487 g/mol. The molecule has 0 atom stereocenters. The van der Waals surface area contributed by atoms with Gasteiger partial charge < -0.3 is 19.0 Å². The first-order chi connectivity index (χ1) is 17.1. The topological polar surface area (TPSA) is 133 Å². The summed E-state index contributed by atoms with van der Waals surface area (Å²) in [6, 6.07) is 10.5. The lowest BCUT2D eigenvalue weighted by atomic mass is 9.79. The number of hydrogen-bond acceptors (Lipinski definition) is 8. The zero-order chi connectivity index (χ0) is 25.0. The molecule has 190 valence electrons. The molecule has 35 heavy (non-hydrogen) atoms. The monoisotopic (exact) mass is 486 g/mol. The van der Waals surface area contributed by atoms with Gasteiger partial charge in [-0.25, -0.2) is 0 Å². The number of hydrogen-bond donors (Lipinski definition) is 2. The maximum Gasteiger partial charge on any atom is 0.290 e. The van der Waals surface area contributed by atoms with E-state index in [2.05, 4.69) is 44.3 Å². The third-order valence-corrected chi connectivity index (χ3v) is 6.71. The van der Waals surface area contributed by atoms with Gasteiger partial charge in [0.1, 0.15) is 11.3 Å². The predicted octanol–water partition coefficient (Wildman–Crippen LogP) is 3.65. The van der Waals surface area contributed by atoms with Gasteiger partial charge in [-0.05, 0) is 75.8 Å². The van der Waals surface area contributed by atoms with Crippen LogP contribution in [0.15, 0.2) is 39.2 Å². The summed E-state index contributed by atoms with van der Waals surface area (Å²) < 4.78 is 11.5. The fourth-order valence-corrected chi connectivity index (χ4v) is 5.09. The van der Waals surface area contributed by atoms with Crippen LogP contribution in [0.2, 0.25) is 0 Å². The molecule has 0 aliphatic carbocycles. The molecule has 0 saturated carbocycles. The molecule has 0 bridgehead atoms. The van der Waals surface area contributed by atoms with Gasteiger partial charge in [0.05, 0.1) is 13.1 Å². The largest absolute Gasteiger partial charge is 0.483 e. The number of carbonyl (C=O) groups is 2. The van der Waals surface area contributed by atoms with Crippen molar-refractivity contribution in [2.24, 2.45) is 11.8 Å². The van der Waals surface area contributed by atoms with Crippen molar-refractivity contribution in [2.75, 3.05) is 26.2 Å². The molecule has 10 nitrogen and oxygen atoms in total. The van der Waals surface area contributed by atoms with Crippen molar-refractivity contribution >= 4 is 23.9 Å². The second-order valence-corrected chi connectivity index (χ2v) is 8.90. The molecule has 0 amide bonds. The number of benzene rings is 1. The number of aromatic nitrogens is 2. The Bertz CT molecular complexity index is 996. The summed E-state index contributed by atoms with van der Waals surface area (Å²) in [4.78, 5) is 21.7. The van der Waals surface area contributed by atoms with E-state index in [1.165, 1.54) is 44.2 Å². The Morgan fingerprint density at radius 1 is 0.886 bits per heavy atom. The highest BCUT2D eigenvalue weighted by molar-refractivity contribution is 5.77. The van der Waals surface area contributed by atoms with Crippen molar-refractivity contribution in [1.82, 2.24) is 20.0 Å². The van der Waals surface area contributed by atoms with Gasteiger partial charge in [0.2, 0.25) is 11.8 Å². The number of piperidine rings is 2. The molecule has 0 radical (unpaired) electrons. The van der Waals surface area contributed by atoms with Gasteiger partial charge in [0.25, 0.3) is 12.9 Å². The van der Waals surface area contributed by atoms with Crippen LogP contribution in [0.1, 0.15) is 43.2 Å². The Hall–Kier alpha value is -3.24. The van der Waals surface area contributed by atoms with Crippen LogP contribution in [0.25, 0.3) is 11.0 Å². The van der Waals surface area contributed by atoms with Gasteiger partial charge in [-0.2, -0.15) is 0 Å². The van der Waals surface area contributed by atoms with Crippen molar-refractivity contribution < 1.29 is 28.6 Å². The van der Waals surface area contributed by atoms with Crippen molar-refractivity contribution in [3.63, 3.8) is 0 Å². The third kappa shape index (κ3) is 7.90. The molecule has 5 rings (SSSR count). The minimum atomic E-state index is -0.250. The molecule has 0 unspecified atom stereocenters. The molecule has 4 heterocycles. The molecular formula is C25H34N4O6. The van der Waals surface area contributed by atoms with Gasteiger partial charge in [0.15, 0.2) is 0 Å². The zero-order valence-corrected chi connectivity index (χ0v) is 20.1. The van der Waals surface area contributed by atoms with Crippen LogP contribution in [-0.4, -0.2) is 69.3 Å². The van der Waals surface area contributed by atoms with E-state index in [-0.39, 0.29) is 12.9 Å². The number of furan rings is 1. The average Bonchev–Trinajstić information content (AvgIpc) is 3.46. The molecule has 3 aromatic rings. The number of carboxylic acid groups (broad SMARTS) is 2. The minimum absolute atomic E-state index is 0.250. The number of fused-ring (bicyclic) bond motifs is 1. The molecule has 2 aliphatic rings. The Balaban J connectivity index is 0.000000520. The lowest BCUT2D eigenvalue weighted by Gasteiger charge is -2.39. The molecule has 2 N–H and O–H groups in total. The third-order valence-electron chi connectivity index (χ3n) is 6.71. The highest BCUT2D eigenvalue weighted by Gasteiger charge is 2.30. The maximum absolute atomic E-state index is 8.36. The lowest BCUT2D eigenvalue weighted by Crippen LogP contribution is -2.40. The molecule has 10 heteroatoms. The summed E-state index contributed by atoms with van der Waals surface area (Å²) in [6.45, 7) is 7.74. The van der Waals surface area contributed by atoms with Gasteiger partial charge in [-0.3, -0.25) is 19.4 Å². The Morgan fingerprint density at radius 3 is 1.94 bits per heavy atom. The maximum atomic E-state index is 8.36. The molecule has 2 aromatic heterocycles. The number of para-hydroxylation sites is 1. The lowest BCUT2D eigenvalue weighted by molar-refractivity contribution is -0.123. The fraction of sp³-hybridized carbons (Fsp3) is 0.520. The van der Waals surface area contributed by atoms with Gasteiger partial charge in [-0.15, -0.1) is 10.2 Å². The van der Waals surface area contributed by atoms with E-state index in [1.807, 2.05) is 13.0 Å². The van der Waals surface area contributed by atoms with Crippen LogP contribution in [0, 0.1) is 18.8 Å². The normalized spacial score (nSPS) is 17.7. The number of likely N-dealkylation sites (tertiary alicyclic amines) is 2. The van der Waals surface area contributed by atoms with Crippen LogP contribution < -0.4 is 0 Å². The zero-order valence-electron chi connectivity index (χ0n) is 20.1. The van der Waals surface area contributed by atoms with Crippen molar-refractivity contribution in [2.45, 2.75) is 45.7 Å². The van der Waals surface area contributed by atoms with Gasteiger partial charge >= 0.3 is 0 Å². The van der Waals surface area contributed by atoms with E-state index in [0.717, 1.165) is 55.2 Å². The van der Waals surface area contributed by atoms with Crippen LogP contribution in [-0.2, 0) is 22.7 Å². The summed E-state index contributed by atoms with van der Waals surface area (Å²) in [5, 5.41) is 23.1. The quantitative estimate of drug-likeness (QED) is 0.515. The molecule has 0 spiro atoms. The molecular weight excluding hydrogens is 452 g/mol. The van der Waals surface area contributed by atoms with E-state index in [4.69, 9.17) is 28.6 Å².